The summed E-state index contributed by atoms with van der Waals surface area (Å²) in [7, 11) is 1.89. The zero-order chi connectivity index (χ0) is 21.7. The predicted molar refractivity (Wildman–Crippen MR) is 118 cm³/mol. The monoisotopic (exact) mass is 438 g/mol. The highest BCUT2D eigenvalue weighted by atomic mass is 35.5. The van der Waals surface area contributed by atoms with Crippen molar-refractivity contribution in [2.75, 3.05) is 6.61 Å². The second-order valence-corrected chi connectivity index (χ2v) is 8.56. The molecule has 160 valence electrons. The van der Waals surface area contributed by atoms with Crippen LogP contribution in [-0.4, -0.2) is 37.2 Å². The SMILES string of the molecule is Cc1cc(OCC(=O)NC(C)c2nc3ccc(Cl)cc3[nH]2)nc2c1c(C1CC1)nn2C. The first-order valence-corrected chi connectivity index (χ1v) is 10.7. The summed E-state index contributed by atoms with van der Waals surface area (Å²) in [5.41, 5.74) is 4.59. The lowest BCUT2D eigenvalue weighted by molar-refractivity contribution is -0.123. The molecule has 1 fully saturated rings. The molecule has 1 aliphatic rings. The summed E-state index contributed by atoms with van der Waals surface area (Å²) < 4.78 is 7.49. The number of pyridine rings is 1. The number of amides is 1. The van der Waals surface area contributed by atoms with Crippen LogP contribution in [0.3, 0.4) is 0 Å². The van der Waals surface area contributed by atoms with E-state index in [1.54, 1.807) is 10.7 Å². The summed E-state index contributed by atoms with van der Waals surface area (Å²) >= 11 is 6.02. The van der Waals surface area contributed by atoms with Crippen LogP contribution in [0.4, 0.5) is 0 Å². The average Bonchev–Trinajstić information content (AvgIpc) is 3.40. The Balaban J connectivity index is 1.26. The molecular formula is C22H23ClN6O2. The van der Waals surface area contributed by atoms with Crippen molar-refractivity contribution in [1.29, 1.82) is 0 Å². The van der Waals surface area contributed by atoms with E-state index in [-0.39, 0.29) is 18.6 Å². The first-order chi connectivity index (χ1) is 14.9. The van der Waals surface area contributed by atoms with E-state index >= 15 is 0 Å². The minimum absolute atomic E-state index is 0.137. The summed E-state index contributed by atoms with van der Waals surface area (Å²) in [4.78, 5) is 24.7. The molecule has 3 aromatic heterocycles. The Morgan fingerprint density at radius 1 is 1.35 bits per heavy atom. The Bertz CT molecular complexity index is 1310. The zero-order valence-electron chi connectivity index (χ0n) is 17.6. The normalized spacial score (nSPS) is 14.8. The van der Waals surface area contributed by atoms with Gasteiger partial charge in [0, 0.05) is 29.4 Å². The van der Waals surface area contributed by atoms with E-state index in [2.05, 4.69) is 25.4 Å². The Morgan fingerprint density at radius 2 is 2.16 bits per heavy atom. The van der Waals surface area contributed by atoms with Gasteiger partial charge in [-0.05, 0) is 50.5 Å². The number of halogens is 1. The fourth-order valence-corrected chi connectivity index (χ4v) is 4.02. The van der Waals surface area contributed by atoms with Gasteiger partial charge in [-0.1, -0.05) is 11.6 Å². The number of imidazole rings is 1. The third kappa shape index (κ3) is 3.83. The average molecular weight is 439 g/mol. The second kappa shape index (κ2) is 7.53. The van der Waals surface area contributed by atoms with Crippen LogP contribution in [0, 0.1) is 6.92 Å². The topological polar surface area (TPSA) is 97.7 Å². The van der Waals surface area contributed by atoms with Gasteiger partial charge in [0.25, 0.3) is 5.91 Å². The Hall–Kier alpha value is -3.13. The molecule has 3 heterocycles. The molecule has 0 radical (unpaired) electrons. The van der Waals surface area contributed by atoms with Gasteiger partial charge in [0.2, 0.25) is 5.88 Å². The molecule has 4 aromatic rings. The minimum Gasteiger partial charge on any atom is -0.468 e. The lowest BCUT2D eigenvalue weighted by Gasteiger charge is -2.12. The van der Waals surface area contributed by atoms with Crippen molar-refractivity contribution >= 4 is 39.6 Å². The molecule has 1 saturated carbocycles. The van der Waals surface area contributed by atoms with Crippen LogP contribution in [0.25, 0.3) is 22.1 Å². The van der Waals surface area contributed by atoms with E-state index in [0.717, 1.165) is 33.3 Å². The van der Waals surface area contributed by atoms with Crippen molar-refractivity contribution in [2.24, 2.45) is 7.05 Å². The van der Waals surface area contributed by atoms with E-state index in [9.17, 15) is 4.79 Å². The predicted octanol–water partition coefficient (Wildman–Crippen LogP) is 3.94. The maximum Gasteiger partial charge on any atom is 0.258 e. The second-order valence-electron chi connectivity index (χ2n) is 8.12. The smallest absolute Gasteiger partial charge is 0.258 e. The van der Waals surface area contributed by atoms with E-state index in [1.165, 1.54) is 12.8 Å². The van der Waals surface area contributed by atoms with Crippen LogP contribution in [0.2, 0.25) is 5.02 Å². The van der Waals surface area contributed by atoms with E-state index < -0.39 is 0 Å². The minimum atomic E-state index is -0.308. The van der Waals surface area contributed by atoms with Crippen LogP contribution < -0.4 is 10.1 Å². The molecule has 1 unspecified atom stereocenters. The van der Waals surface area contributed by atoms with Gasteiger partial charge in [-0.15, -0.1) is 0 Å². The van der Waals surface area contributed by atoms with Gasteiger partial charge in [-0.25, -0.2) is 4.98 Å². The molecule has 31 heavy (non-hydrogen) atoms. The van der Waals surface area contributed by atoms with Gasteiger partial charge in [0.05, 0.1) is 22.8 Å². The summed E-state index contributed by atoms with van der Waals surface area (Å²) in [6, 6.07) is 7.00. The van der Waals surface area contributed by atoms with Crippen molar-refractivity contribution in [1.82, 2.24) is 30.0 Å². The Kier molecular flexibility index (Phi) is 4.81. The van der Waals surface area contributed by atoms with Crippen LogP contribution in [-0.2, 0) is 11.8 Å². The number of H-pyrrole nitrogens is 1. The first kappa shape index (κ1) is 19.8. The number of rotatable bonds is 6. The fourth-order valence-electron chi connectivity index (χ4n) is 3.85. The zero-order valence-corrected chi connectivity index (χ0v) is 18.3. The number of carbonyl (C=O) groups is 1. The number of carbonyl (C=O) groups excluding carboxylic acids is 1. The number of aryl methyl sites for hydroxylation is 2. The third-order valence-electron chi connectivity index (χ3n) is 5.56. The first-order valence-electron chi connectivity index (χ1n) is 10.3. The molecule has 2 N–H and O–H groups in total. The number of ether oxygens (including phenoxy) is 1. The van der Waals surface area contributed by atoms with Crippen LogP contribution in [0.1, 0.15) is 48.8 Å². The van der Waals surface area contributed by atoms with E-state index in [0.29, 0.717) is 22.6 Å². The number of aromatic nitrogens is 5. The number of fused-ring (bicyclic) bond motifs is 2. The summed E-state index contributed by atoms with van der Waals surface area (Å²) in [5, 5.41) is 9.27. The largest absolute Gasteiger partial charge is 0.468 e. The summed E-state index contributed by atoms with van der Waals surface area (Å²) in [6.07, 6.45) is 2.36. The van der Waals surface area contributed by atoms with Crippen molar-refractivity contribution in [3.63, 3.8) is 0 Å². The van der Waals surface area contributed by atoms with Crippen molar-refractivity contribution < 1.29 is 9.53 Å². The molecule has 1 amide bonds. The van der Waals surface area contributed by atoms with Gasteiger partial charge >= 0.3 is 0 Å². The maximum atomic E-state index is 12.4. The van der Waals surface area contributed by atoms with Crippen LogP contribution >= 0.6 is 11.6 Å². The molecule has 1 aliphatic carbocycles. The van der Waals surface area contributed by atoms with Gasteiger partial charge in [-0.3, -0.25) is 9.48 Å². The molecule has 8 nitrogen and oxygen atoms in total. The van der Waals surface area contributed by atoms with Crippen LogP contribution in [0.5, 0.6) is 5.88 Å². The number of hydrogen-bond acceptors (Lipinski definition) is 5. The van der Waals surface area contributed by atoms with Gasteiger partial charge in [0.1, 0.15) is 5.82 Å². The highest BCUT2D eigenvalue weighted by Crippen LogP contribution is 2.43. The molecule has 5 rings (SSSR count). The Labute approximate surface area is 184 Å². The number of nitrogens with one attached hydrogen (secondary N) is 2. The number of hydrogen-bond donors (Lipinski definition) is 2. The molecule has 0 spiro atoms. The van der Waals surface area contributed by atoms with Gasteiger partial charge < -0.3 is 15.0 Å². The number of aromatic amines is 1. The van der Waals surface area contributed by atoms with Crippen LogP contribution in [0.15, 0.2) is 24.3 Å². The van der Waals surface area contributed by atoms with E-state index in [1.807, 2.05) is 39.1 Å². The molecule has 0 aliphatic heterocycles. The standard InChI is InChI=1S/C22H23ClN6O2/c1-11-8-18(27-22-19(11)20(13-4-5-13)28-29(22)3)31-10-17(30)24-12(2)21-25-15-7-6-14(23)9-16(15)26-21/h6-9,12-13H,4-5,10H2,1-3H3,(H,24,30)(H,25,26). The molecule has 0 saturated heterocycles. The summed E-state index contributed by atoms with van der Waals surface area (Å²) in [5.74, 6) is 1.35. The molecule has 0 bridgehead atoms. The Morgan fingerprint density at radius 3 is 2.94 bits per heavy atom. The fraction of sp³-hybridized carbons (Fsp3) is 0.364. The highest BCUT2D eigenvalue weighted by molar-refractivity contribution is 6.31. The van der Waals surface area contributed by atoms with E-state index in [4.69, 9.17) is 16.3 Å². The molecule has 1 atom stereocenters. The van der Waals surface area contributed by atoms with Gasteiger partial charge in [0.15, 0.2) is 12.3 Å². The maximum absolute atomic E-state index is 12.4. The lowest BCUT2D eigenvalue weighted by Crippen LogP contribution is -2.31. The van der Waals surface area contributed by atoms with Crippen molar-refractivity contribution in [2.45, 2.75) is 38.6 Å². The molecule has 1 aromatic carbocycles. The number of nitrogens with zero attached hydrogens (tertiary/aromatic N) is 4. The number of benzene rings is 1. The molecule has 9 heteroatoms. The van der Waals surface area contributed by atoms with Crippen molar-refractivity contribution in [3.8, 4) is 5.88 Å². The third-order valence-corrected chi connectivity index (χ3v) is 5.79. The highest BCUT2D eigenvalue weighted by Gasteiger charge is 2.30. The summed E-state index contributed by atoms with van der Waals surface area (Å²) in [6.45, 7) is 3.75. The quantitative estimate of drug-likeness (QED) is 0.475. The lowest BCUT2D eigenvalue weighted by atomic mass is 10.1. The van der Waals surface area contributed by atoms with Gasteiger partial charge in [-0.2, -0.15) is 10.1 Å². The van der Waals surface area contributed by atoms with Crippen molar-refractivity contribution in [3.05, 3.63) is 46.4 Å². The molecular weight excluding hydrogens is 416 g/mol.